The summed E-state index contributed by atoms with van der Waals surface area (Å²) in [6, 6.07) is 0. The van der Waals surface area contributed by atoms with Gasteiger partial charge in [0.05, 0.1) is 0 Å². The molecule has 0 amide bonds. The van der Waals surface area contributed by atoms with Crippen molar-refractivity contribution < 1.29 is 12.9 Å². The van der Waals surface area contributed by atoms with Gasteiger partial charge in [0.2, 0.25) is 0 Å². The summed E-state index contributed by atoms with van der Waals surface area (Å²) in [4.78, 5) is 1.69. The van der Waals surface area contributed by atoms with Crippen molar-refractivity contribution in [1.82, 2.24) is 4.90 Å². The van der Waals surface area contributed by atoms with Gasteiger partial charge in [-0.2, -0.15) is 0 Å². The van der Waals surface area contributed by atoms with E-state index >= 15 is 0 Å². The Hall–Kier alpha value is -0.445. The molecule has 84 valence electrons. The second-order valence-corrected chi connectivity index (χ2v) is 4.26. The van der Waals surface area contributed by atoms with Crippen molar-refractivity contribution in [2.75, 3.05) is 13.6 Å². The second kappa shape index (κ2) is 4.38. The predicted molar refractivity (Wildman–Crippen MR) is 55.2 cm³/mol. The summed E-state index contributed by atoms with van der Waals surface area (Å²) in [5.74, 6) is 0. The largest absolute Gasteiger partial charge is 0.506 e. The zero-order valence-corrected chi connectivity index (χ0v) is 9.28. The maximum Gasteiger partial charge on any atom is 0.506 e. The van der Waals surface area contributed by atoms with Crippen molar-refractivity contribution in [2.45, 2.75) is 32.7 Å². The minimum atomic E-state index is -4.90. The lowest BCUT2D eigenvalue weighted by atomic mass is 9.79. The average molecular weight is 208 g/mol. The molecule has 0 aromatic carbocycles. The van der Waals surface area contributed by atoms with E-state index in [0.29, 0.717) is 0 Å². The number of likely N-dealkylation sites (N-methyl/N-ethyl adjacent to an activating group) is 1. The maximum atomic E-state index is 12.2. The molecule has 0 unspecified atom stereocenters. The first-order chi connectivity index (χ1) is 6.11. The van der Waals surface area contributed by atoms with E-state index in [1.165, 1.54) is 0 Å². The summed E-state index contributed by atoms with van der Waals surface area (Å²) in [7, 11) is 1.69. The fourth-order valence-corrected chi connectivity index (χ4v) is 0.892. The lowest BCUT2D eigenvalue weighted by molar-refractivity contribution is 0.165. The minimum absolute atomic E-state index is 0.107. The third kappa shape index (κ3) is 3.74. The molecule has 0 aliphatic carbocycles. The quantitative estimate of drug-likeness (QED) is 0.627. The van der Waals surface area contributed by atoms with E-state index in [-0.39, 0.29) is 12.1 Å². The fourth-order valence-electron chi connectivity index (χ4n) is 0.892. The molecule has 0 spiro atoms. The average Bonchev–Trinajstić information content (AvgIpc) is 2.02. The summed E-state index contributed by atoms with van der Waals surface area (Å²) >= 11 is 0. The highest BCUT2D eigenvalue weighted by molar-refractivity contribution is 6.66. The van der Waals surface area contributed by atoms with Gasteiger partial charge in [0, 0.05) is 5.54 Å². The van der Waals surface area contributed by atoms with E-state index in [9.17, 15) is 12.9 Å². The predicted octanol–water partition coefficient (Wildman–Crippen LogP) is 3.05. The Balaban J connectivity index is 4.34. The van der Waals surface area contributed by atoms with Crippen LogP contribution in [0.3, 0.4) is 0 Å². The highest BCUT2D eigenvalue weighted by Gasteiger charge is 2.30. The van der Waals surface area contributed by atoms with Crippen molar-refractivity contribution in [1.29, 1.82) is 0 Å². The first-order valence-electron chi connectivity index (χ1n) is 4.70. The molecule has 0 heterocycles. The van der Waals surface area contributed by atoms with E-state index in [0.717, 1.165) is 6.42 Å². The minimum Gasteiger partial charge on any atom is -0.445 e. The van der Waals surface area contributed by atoms with Gasteiger partial charge < -0.3 is 17.8 Å². The summed E-state index contributed by atoms with van der Waals surface area (Å²) in [6.07, 6.45) is 0.807. The molecular weight excluding hydrogens is 190 g/mol. The van der Waals surface area contributed by atoms with Crippen LogP contribution in [0.25, 0.3) is 0 Å². The zero-order valence-electron chi connectivity index (χ0n) is 9.28. The third-order valence-electron chi connectivity index (χ3n) is 2.80. The monoisotopic (exact) mass is 208 g/mol. The van der Waals surface area contributed by atoms with E-state index in [1.54, 1.807) is 11.9 Å². The molecule has 14 heavy (non-hydrogen) atoms. The van der Waals surface area contributed by atoms with Crippen molar-refractivity contribution in [3.05, 3.63) is 12.1 Å². The molecule has 1 nitrogen and oxygen atoms in total. The Morgan fingerprint density at radius 1 is 1.36 bits per heavy atom. The van der Waals surface area contributed by atoms with Gasteiger partial charge in [0.15, 0.2) is 0 Å². The van der Waals surface area contributed by atoms with Crippen molar-refractivity contribution in [3.63, 3.8) is 0 Å². The first-order valence-corrected chi connectivity index (χ1v) is 4.70. The Kier molecular flexibility index (Phi) is 4.24. The number of rotatable bonds is 5. The molecule has 0 saturated heterocycles. The molecular formula is C9H18BF3N-. The van der Waals surface area contributed by atoms with Crippen LogP contribution >= 0.6 is 0 Å². The SMILES string of the molecule is C=C(CN(C)C(C)(C)CC)[B-](F)(F)F. The Bertz CT molecular complexity index is 211. The van der Waals surface area contributed by atoms with Crippen LogP contribution < -0.4 is 0 Å². The molecule has 0 bridgehead atoms. The van der Waals surface area contributed by atoms with Crippen LogP contribution in [0.2, 0.25) is 0 Å². The van der Waals surface area contributed by atoms with E-state index in [4.69, 9.17) is 0 Å². The van der Waals surface area contributed by atoms with Gasteiger partial charge in [-0.25, -0.2) is 0 Å². The van der Waals surface area contributed by atoms with Crippen molar-refractivity contribution in [2.24, 2.45) is 0 Å². The number of halogens is 3. The molecule has 0 aliphatic heterocycles. The van der Waals surface area contributed by atoms with Gasteiger partial charge in [0.1, 0.15) is 0 Å². The van der Waals surface area contributed by atoms with Crippen molar-refractivity contribution in [3.8, 4) is 0 Å². The molecule has 5 heteroatoms. The van der Waals surface area contributed by atoms with Crippen LogP contribution in [0.5, 0.6) is 0 Å². The summed E-state index contributed by atoms with van der Waals surface area (Å²) < 4.78 is 36.7. The Labute approximate surface area is 84.0 Å². The van der Waals surface area contributed by atoms with Gasteiger partial charge in [-0.1, -0.05) is 6.92 Å². The van der Waals surface area contributed by atoms with Crippen LogP contribution in [-0.2, 0) is 0 Å². The van der Waals surface area contributed by atoms with Gasteiger partial charge in [-0.15, -0.1) is 12.1 Å². The molecule has 0 fully saturated rings. The highest BCUT2D eigenvalue weighted by Crippen LogP contribution is 2.23. The molecule has 0 N–H and O–H groups in total. The van der Waals surface area contributed by atoms with Crippen LogP contribution in [0.1, 0.15) is 27.2 Å². The molecule has 0 rings (SSSR count). The van der Waals surface area contributed by atoms with Gasteiger partial charge in [-0.05, 0) is 33.9 Å². The van der Waals surface area contributed by atoms with E-state index < -0.39 is 12.4 Å². The summed E-state index contributed by atoms with van der Waals surface area (Å²) in [5.41, 5.74) is -0.849. The smallest absolute Gasteiger partial charge is 0.445 e. The highest BCUT2D eigenvalue weighted by atomic mass is 19.4. The van der Waals surface area contributed by atoms with Gasteiger partial charge in [-0.3, -0.25) is 0 Å². The molecule has 0 atom stereocenters. The third-order valence-corrected chi connectivity index (χ3v) is 2.80. The Morgan fingerprint density at radius 2 is 1.79 bits per heavy atom. The van der Waals surface area contributed by atoms with Crippen LogP contribution in [0.15, 0.2) is 12.1 Å². The summed E-state index contributed by atoms with van der Waals surface area (Å²) in [5, 5.41) is 0. The van der Waals surface area contributed by atoms with Crippen LogP contribution in [-0.4, -0.2) is 31.0 Å². The second-order valence-electron chi connectivity index (χ2n) is 4.26. The number of hydrogen-bond donors (Lipinski definition) is 0. The van der Waals surface area contributed by atoms with E-state index in [1.807, 2.05) is 20.8 Å². The fraction of sp³-hybridized carbons (Fsp3) is 0.778. The molecule has 0 aliphatic rings. The standard InChI is InChI=1S/C9H18BF3N/c1-6-9(3,4)14(5)7-8(2)10(11,12)13/h2,6-7H2,1,3-5H3/q-1. The number of hydrogen-bond acceptors (Lipinski definition) is 1. The van der Waals surface area contributed by atoms with Crippen LogP contribution in [0.4, 0.5) is 12.9 Å². The zero-order chi connectivity index (χ0) is 11.6. The summed E-state index contributed by atoms with van der Waals surface area (Å²) in [6.45, 7) is 3.87. The maximum absolute atomic E-state index is 12.2. The molecule has 0 radical (unpaired) electrons. The molecule has 0 aromatic rings. The van der Waals surface area contributed by atoms with Crippen molar-refractivity contribution >= 4 is 6.98 Å². The van der Waals surface area contributed by atoms with Gasteiger partial charge in [0.25, 0.3) is 0 Å². The lowest BCUT2D eigenvalue weighted by Gasteiger charge is -2.37. The molecule has 0 saturated carbocycles. The number of nitrogens with zero attached hydrogens (tertiary/aromatic N) is 1. The van der Waals surface area contributed by atoms with E-state index in [2.05, 4.69) is 6.58 Å². The normalized spacial score (nSPS) is 13.4. The van der Waals surface area contributed by atoms with Crippen LogP contribution in [0, 0.1) is 0 Å². The Morgan fingerprint density at radius 3 is 2.07 bits per heavy atom. The topological polar surface area (TPSA) is 3.24 Å². The molecule has 0 aromatic heterocycles. The first kappa shape index (κ1) is 13.6. The van der Waals surface area contributed by atoms with Gasteiger partial charge >= 0.3 is 6.98 Å². The lowest BCUT2D eigenvalue weighted by Crippen LogP contribution is -2.43.